The summed E-state index contributed by atoms with van der Waals surface area (Å²) >= 11 is 0. The Balaban J connectivity index is 2.43. The highest BCUT2D eigenvalue weighted by Crippen LogP contribution is 2.34. The summed E-state index contributed by atoms with van der Waals surface area (Å²) in [5.41, 5.74) is -0.184. The molecule has 1 unspecified atom stereocenters. The normalized spacial score (nSPS) is 24.5. The molecular weight excluding hydrogens is 192 g/mol. The Bertz CT molecular complexity index is 229. The average Bonchev–Trinajstić information content (AvgIpc) is 2.41. The maximum atomic E-state index is 11.0. The van der Waals surface area contributed by atoms with Gasteiger partial charge in [-0.25, -0.2) is 4.79 Å². The highest BCUT2D eigenvalue weighted by molar-refractivity contribution is 5.66. The number of hydrogen-bond donors (Lipinski definition) is 2. The minimum atomic E-state index is -0.781. The van der Waals surface area contributed by atoms with Crippen LogP contribution in [0.2, 0.25) is 0 Å². The first-order valence-corrected chi connectivity index (χ1v) is 5.62. The standard InChI is InChI=1S/C11H22N2O2/c1-11(2)7-9(5-4-6-12-3)8-13(11)10(14)15/h9,12H,4-8H2,1-3H3,(H,14,15). The molecule has 0 aliphatic carbocycles. The van der Waals surface area contributed by atoms with Gasteiger partial charge in [0.15, 0.2) is 0 Å². The smallest absolute Gasteiger partial charge is 0.407 e. The van der Waals surface area contributed by atoms with Crippen molar-refractivity contribution in [2.75, 3.05) is 20.1 Å². The molecule has 1 amide bonds. The van der Waals surface area contributed by atoms with Crippen molar-refractivity contribution in [1.29, 1.82) is 0 Å². The van der Waals surface area contributed by atoms with Gasteiger partial charge < -0.3 is 15.3 Å². The number of hydrogen-bond acceptors (Lipinski definition) is 2. The Morgan fingerprint density at radius 1 is 1.60 bits per heavy atom. The van der Waals surface area contributed by atoms with Crippen LogP contribution < -0.4 is 5.32 Å². The Morgan fingerprint density at radius 3 is 2.73 bits per heavy atom. The zero-order chi connectivity index (χ0) is 11.5. The lowest BCUT2D eigenvalue weighted by Gasteiger charge is -2.28. The third-order valence-electron chi connectivity index (χ3n) is 3.23. The maximum absolute atomic E-state index is 11.0. The summed E-state index contributed by atoms with van der Waals surface area (Å²) in [6, 6.07) is 0. The van der Waals surface area contributed by atoms with Crippen molar-refractivity contribution in [2.45, 2.75) is 38.6 Å². The molecule has 0 bridgehead atoms. The van der Waals surface area contributed by atoms with Gasteiger partial charge in [-0.2, -0.15) is 0 Å². The van der Waals surface area contributed by atoms with Crippen molar-refractivity contribution in [2.24, 2.45) is 5.92 Å². The van der Waals surface area contributed by atoms with Gasteiger partial charge in [0.1, 0.15) is 0 Å². The number of nitrogens with zero attached hydrogens (tertiary/aromatic N) is 1. The predicted molar refractivity (Wildman–Crippen MR) is 60.1 cm³/mol. The van der Waals surface area contributed by atoms with Gasteiger partial charge in [0.05, 0.1) is 0 Å². The minimum Gasteiger partial charge on any atom is -0.465 e. The number of carboxylic acid groups (broad SMARTS) is 1. The first-order chi connectivity index (χ1) is 6.97. The second-order valence-electron chi connectivity index (χ2n) is 5.02. The number of likely N-dealkylation sites (tertiary alicyclic amines) is 1. The van der Waals surface area contributed by atoms with E-state index in [1.165, 1.54) is 0 Å². The summed E-state index contributed by atoms with van der Waals surface area (Å²) in [6.45, 7) is 5.74. The molecule has 0 aromatic carbocycles. The highest BCUT2D eigenvalue weighted by atomic mass is 16.4. The molecule has 0 aromatic heterocycles. The minimum absolute atomic E-state index is 0.184. The Hall–Kier alpha value is -0.770. The fourth-order valence-electron chi connectivity index (χ4n) is 2.48. The summed E-state index contributed by atoms with van der Waals surface area (Å²) < 4.78 is 0. The van der Waals surface area contributed by atoms with Crippen molar-refractivity contribution in [3.8, 4) is 0 Å². The van der Waals surface area contributed by atoms with E-state index >= 15 is 0 Å². The van der Waals surface area contributed by atoms with Gasteiger partial charge in [0, 0.05) is 12.1 Å². The summed E-state index contributed by atoms with van der Waals surface area (Å²) in [5, 5.41) is 12.2. The molecule has 0 spiro atoms. The highest BCUT2D eigenvalue weighted by Gasteiger charge is 2.40. The summed E-state index contributed by atoms with van der Waals surface area (Å²) in [7, 11) is 1.95. The first kappa shape index (κ1) is 12.3. The molecule has 15 heavy (non-hydrogen) atoms. The van der Waals surface area contributed by atoms with Gasteiger partial charge in [-0.05, 0) is 52.6 Å². The quantitative estimate of drug-likeness (QED) is 0.701. The third-order valence-corrected chi connectivity index (χ3v) is 3.23. The molecule has 0 aromatic rings. The molecule has 2 N–H and O–H groups in total. The first-order valence-electron chi connectivity index (χ1n) is 5.62. The molecule has 88 valence electrons. The number of nitrogens with one attached hydrogen (secondary N) is 1. The molecule has 1 saturated heterocycles. The predicted octanol–water partition coefficient (Wildman–Crippen LogP) is 1.76. The summed E-state index contributed by atoms with van der Waals surface area (Å²) in [6.07, 6.45) is 2.46. The number of amides is 1. The molecule has 1 atom stereocenters. The fraction of sp³-hybridized carbons (Fsp3) is 0.909. The van der Waals surface area contributed by atoms with Gasteiger partial charge in [0.2, 0.25) is 0 Å². The van der Waals surface area contributed by atoms with Crippen molar-refractivity contribution in [3.05, 3.63) is 0 Å². The van der Waals surface area contributed by atoms with Crippen LogP contribution in [0.1, 0.15) is 33.1 Å². The van der Waals surface area contributed by atoms with Gasteiger partial charge in [0.25, 0.3) is 0 Å². The van der Waals surface area contributed by atoms with Crippen LogP contribution in [0.5, 0.6) is 0 Å². The van der Waals surface area contributed by atoms with Crippen molar-refractivity contribution < 1.29 is 9.90 Å². The van der Waals surface area contributed by atoms with Gasteiger partial charge in [-0.3, -0.25) is 0 Å². The molecule has 1 aliphatic heterocycles. The Morgan fingerprint density at radius 2 is 2.27 bits per heavy atom. The van der Waals surface area contributed by atoms with E-state index in [-0.39, 0.29) is 5.54 Å². The van der Waals surface area contributed by atoms with E-state index in [0.717, 1.165) is 25.8 Å². The van der Waals surface area contributed by atoms with Gasteiger partial charge in [-0.15, -0.1) is 0 Å². The SMILES string of the molecule is CNCCCC1CN(C(=O)O)C(C)(C)C1. The van der Waals surface area contributed by atoms with Crippen LogP contribution in [0.3, 0.4) is 0 Å². The lowest BCUT2D eigenvalue weighted by atomic mass is 9.93. The lowest BCUT2D eigenvalue weighted by molar-refractivity contribution is 0.117. The van der Waals surface area contributed by atoms with E-state index in [1.54, 1.807) is 4.90 Å². The fourth-order valence-corrected chi connectivity index (χ4v) is 2.48. The number of rotatable bonds is 4. The summed E-state index contributed by atoms with van der Waals surface area (Å²) in [5.74, 6) is 0.532. The van der Waals surface area contributed by atoms with Gasteiger partial charge in [-0.1, -0.05) is 0 Å². The lowest BCUT2D eigenvalue weighted by Crippen LogP contribution is -2.41. The van der Waals surface area contributed by atoms with Crippen LogP contribution in [0.25, 0.3) is 0 Å². The van der Waals surface area contributed by atoms with Gasteiger partial charge >= 0.3 is 6.09 Å². The second-order valence-corrected chi connectivity index (χ2v) is 5.02. The molecule has 1 heterocycles. The van der Waals surface area contributed by atoms with Crippen molar-refractivity contribution in [1.82, 2.24) is 10.2 Å². The molecule has 1 fully saturated rings. The summed E-state index contributed by atoms with van der Waals surface area (Å²) in [4.78, 5) is 12.6. The van der Waals surface area contributed by atoms with E-state index in [0.29, 0.717) is 12.5 Å². The topological polar surface area (TPSA) is 52.6 Å². The van der Waals surface area contributed by atoms with E-state index in [2.05, 4.69) is 5.32 Å². The molecule has 1 aliphatic rings. The molecular formula is C11H22N2O2. The van der Waals surface area contributed by atoms with Crippen LogP contribution in [-0.4, -0.2) is 41.8 Å². The molecule has 4 nitrogen and oxygen atoms in total. The Kier molecular flexibility index (Phi) is 3.97. The van der Waals surface area contributed by atoms with E-state index in [9.17, 15) is 4.79 Å². The van der Waals surface area contributed by atoms with Crippen LogP contribution in [0.15, 0.2) is 0 Å². The van der Waals surface area contributed by atoms with Crippen LogP contribution in [0, 0.1) is 5.92 Å². The van der Waals surface area contributed by atoms with Crippen LogP contribution in [0.4, 0.5) is 4.79 Å². The van der Waals surface area contributed by atoms with Crippen LogP contribution in [-0.2, 0) is 0 Å². The van der Waals surface area contributed by atoms with Crippen molar-refractivity contribution in [3.63, 3.8) is 0 Å². The molecule has 1 rings (SSSR count). The molecule has 4 heteroatoms. The largest absolute Gasteiger partial charge is 0.465 e. The van der Waals surface area contributed by atoms with E-state index < -0.39 is 6.09 Å². The average molecular weight is 214 g/mol. The monoisotopic (exact) mass is 214 g/mol. The molecule has 0 radical (unpaired) electrons. The number of carbonyl (C=O) groups is 1. The maximum Gasteiger partial charge on any atom is 0.407 e. The Labute approximate surface area is 91.6 Å². The zero-order valence-electron chi connectivity index (χ0n) is 9.92. The van der Waals surface area contributed by atoms with Crippen molar-refractivity contribution >= 4 is 6.09 Å². The van der Waals surface area contributed by atoms with Crippen LogP contribution >= 0.6 is 0 Å². The molecule has 0 saturated carbocycles. The zero-order valence-corrected chi connectivity index (χ0v) is 9.92. The van der Waals surface area contributed by atoms with E-state index in [1.807, 2.05) is 20.9 Å². The van der Waals surface area contributed by atoms with E-state index in [4.69, 9.17) is 5.11 Å². The third kappa shape index (κ3) is 3.09. The second kappa shape index (κ2) is 4.84.